The second-order valence-corrected chi connectivity index (χ2v) is 12.7. The van der Waals surface area contributed by atoms with Gasteiger partial charge in [0, 0.05) is 19.1 Å². The van der Waals surface area contributed by atoms with E-state index in [1.54, 1.807) is 0 Å². The van der Waals surface area contributed by atoms with E-state index in [0.29, 0.717) is 23.2 Å². The molecule has 2 unspecified atom stereocenters. The predicted molar refractivity (Wildman–Crippen MR) is 127 cm³/mol. The Labute approximate surface area is 189 Å². The van der Waals surface area contributed by atoms with Crippen LogP contribution in [-0.2, 0) is 10.2 Å². The van der Waals surface area contributed by atoms with Crippen molar-refractivity contribution < 1.29 is 4.79 Å². The van der Waals surface area contributed by atoms with E-state index in [1.165, 1.54) is 31.2 Å². The normalized spacial score (nSPS) is 43.3. The van der Waals surface area contributed by atoms with Crippen LogP contribution in [0.25, 0.3) is 0 Å². The first-order valence-corrected chi connectivity index (χ1v) is 12.7. The average Bonchev–Trinajstić information content (AvgIpc) is 2.74. The molecular weight excluding hydrogens is 380 g/mol. The summed E-state index contributed by atoms with van der Waals surface area (Å²) in [5, 5.41) is 0. The summed E-state index contributed by atoms with van der Waals surface area (Å²) in [7, 11) is 0. The first-order chi connectivity index (χ1) is 14.6. The van der Waals surface area contributed by atoms with Gasteiger partial charge in [-0.05, 0) is 78.6 Å². The minimum absolute atomic E-state index is 0.00401. The van der Waals surface area contributed by atoms with Crippen LogP contribution in [0.1, 0.15) is 84.6 Å². The zero-order valence-electron chi connectivity index (χ0n) is 20.1. The molecule has 6 rings (SSSR count). The van der Waals surface area contributed by atoms with Gasteiger partial charge in [0.05, 0.1) is 5.41 Å². The number of carbonyl (C=O) groups excluding carboxylic acids is 1. The smallest absolute Gasteiger partial charge is 0.228 e. The van der Waals surface area contributed by atoms with Crippen LogP contribution in [0.5, 0.6) is 0 Å². The number of rotatable bonds is 4. The Balaban J connectivity index is 1.52. The highest BCUT2D eigenvalue weighted by molar-refractivity contribution is 5.84. The fourth-order valence-corrected chi connectivity index (χ4v) is 8.61. The van der Waals surface area contributed by atoms with Crippen LogP contribution < -0.4 is 5.73 Å². The minimum atomic E-state index is -0.160. The number of nitrogens with zero attached hydrogens (tertiary/aromatic N) is 1. The summed E-state index contributed by atoms with van der Waals surface area (Å²) >= 11 is 0. The molecular formula is C28H42N2O. The molecule has 1 saturated heterocycles. The second-order valence-electron chi connectivity index (χ2n) is 12.7. The lowest BCUT2D eigenvalue weighted by molar-refractivity contribution is -0.187. The first-order valence-electron chi connectivity index (χ1n) is 12.7. The van der Waals surface area contributed by atoms with Crippen molar-refractivity contribution in [3.05, 3.63) is 35.9 Å². The van der Waals surface area contributed by atoms with Gasteiger partial charge in [0.15, 0.2) is 0 Å². The van der Waals surface area contributed by atoms with Crippen molar-refractivity contribution in [3.8, 4) is 0 Å². The highest BCUT2D eigenvalue weighted by atomic mass is 16.2. The second kappa shape index (κ2) is 7.07. The maximum atomic E-state index is 14.3. The molecule has 4 bridgehead atoms. The molecule has 31 heavy (non-hydrogen) atoms. The lowest BCUT2D eigenvalue weighted by Gasteiger charge is -2.69. The lowest BCUT2D eigenvalue weighted by atomic mass is 9.35. The van der Waals surface area contributed by atoms with Crippen molar-refractivity contribution in [2.24, 2.45) is 33.8 Å². The fraction of sp³-hybridized carbons (Fsp3) is 0.750. The van der Waals surface area contributed by atoms with E-state index < -0.39 is 0 Å². The number of carbonyl (C=O) groups is 1. The molecule has 0 radical (unpaired) electrons. The lowest BCUT2D eigenvalue weighted by Crippen LogP contribution is -2.66. The first kappa shape index (κ1) is 21.5. The molecule has 1 aromatic rings. The van der Waals surface area contributed by atoms with E-state index >= 15 is 0 Å². The van der Waals surface area contributed by atoms with Gasteiger partial charge in [-0.3, -0.25) is 4.79 Å². The Hall–Kier alpha value is -1.35. The molecule has 5 aliphatic rings. The monoisotopic (exact) mass is 422 g/mol. The molecule has 4 saturated carbocycles. The molecule has 3 nitrogen and oxygen atoms in total. The van der Waals surface area contributed by atoms with Gasteiger partial charge in [0.2, 0.25) is 5.91 Å². The fourth-order valence-electron chi connectivity index (χ4n) is 8.61. The molecule has 170 valence electrons. The van der Waals surface area contributed by atoms with Crippen LogP contribution in [0.15, 0.2) is 30.3 Å². The summed E-state index contributed by atoms with van der Waals surface area (Å²) < 4.78 is 0. The Morgan fingerprint density at radius 2 is 1.71 bits per heavy atom. The van der Waals surface area contributed by atoms with Crippen molar-refractivity contribution in [2.75, 3.05) is 13.1 Å². The van der Waals surface area contributed by atoms with Crippen LogP contribution in [-0.4, -0.2) is 29.9 Å². The Morgan fingerprint density at radius 1 is 1.06 bits per heavy atom. The number of amides is 1. The third kappa shape index (κ3) is 3.13. The van der Waals surface area contributed by atoms with Crippen LogP contribution in [0.3, 0.4) is 0 Å². The van der Waals surface area contributed by atoms with Gasteiger partial charge in [-0.1, -0.05) is 64.4 Å². The van der Waals surface area contributed by atoms with Gasteiger partial charge >= 0.3 is 0 Å². The molecule has 3 atom stereocenters. The molecule has 1 aromatic carbocycles. The van der Waals surface area contributed by atoms with Crippen LogP contribution in [0, 0.1) is 28.1 Å². The standard InChI is InChI=1S/C28H42N2O/c1-5-12-26(4)21-14-27(20-9-7-6-8-10-20)15-22(26)17-28(16-21,18-27)24(31)30-13-11-23(29)25(2,3)19-30/h6-10,21-23H,5,11-19,29H2,1-4H3/t21?,22?,23-,26?,27?,28?/m0/s1. The highest BCUT2D eigenvalue weighted by Gasteiger charge is 2.67. The summed E-state index contributed by atoms with van der Waals surface area (Å²) in [6.07, 6.45) is 9.31. The molecule has 1 amide bonds. The van der Waals surface area contributed by atoms with E-state index in [2.05, 4.69) is 62.9 Å². The average molecular weight is 423 g/mol. The summed E-state index contributed by atoms with van der Waals surface area (Å²) in [5.74, 6) is 1.79. The number of likely N-dealkylation sites (tertiary alicyclic amines) is 1. The van der Waals surface area contributed by atoms with E-state index in [0.717, 1.165) is 38.8 Å². The van der Waals surface area contributed by atoms with Crippen molar-refractivity contribution in [1.82, 2.24) is 4.90 Å². The SMILES string of the molecule is CCCC1(C)C2CC3(C(=O)N4CC[C@H](N)C(C)(C)C4)CC1CC(c1ccccc1)(C2)C3. The Morgan fingerprint density at radius 3 is 2.29 bits per heavy atom. The van der Waals surface area contributed by atoms with Gasteiger partial charge in [-0.15, -0.1) is 0 Å². The molecule has 3 heteroatoms. The molecule has 5 fully saturated rings. The van der Waals surface area contributed by atoms with Gasteiger partial charge in [0.1, 0.15) is 0 Å². The van der Waals surface area contributed by atoms with Crippen LogP contribution in [0.4, 0.5) is 0 Å². The zero-order valence-corrected chi connectivity index (χ0v) is 20.1. The third-order valence-electron chi connectivity index (χ3n) is 10.3. The topological polar surface area (TPSA) is 46.3 Å². The highest BCUT2D eigenvalue weighted by Crippen LogP contribution is 2.72. The van der Waals surface area contributed by atoms with Gasteiger partial charge in [-0.25, -0.2) is 0 Å². The molecule has 0 aromatic heterocycles. The molecule has 1 heterocycles. The van der Waals surface area contributed by atoms with Crippen molar-refractivity contribution in [1.29, 1.82) is 0 Å². The van der Waals surface area contributed by atoms with Crippen LogP contribution in [0.2, 0.25) is 0 Å². The maximum Gasteiger partial charge on any atom is 0.228 e. The summed E-state index contributed by atoms with van der Waals surface area (Å²) in [6, 6.07) is 11.4. The van der Waals surface area contributed by atoms with Gasteiger partial charge in [-0.2, -0.15) is 0 Å². The maximum absolute atomic E-state index is 14.3. The van der Waals surface area contributed by atoms with Crippen LogP contribution >= 0.6 is 0 Å². The van der Waals surface area contributed by atoms with Gasteiger partial charge in [0.25, 0.3) is 0 Å². The van der Waals surface area contributed by atoms with Crippen molar-refractivity contribution in [3.63, 3.8) is 0 Å². The van der Waals surface area contributed by atoms with E-state index in [4.69, 9.17) is 5.73 Å². The zero-order chi connectivity index (χ0) is 22.1. The van der Waals surface area contributed by atoms with E-state index in [9.17, 15) is 4.79 Å². The van der Waals surface area contributed by atoms with E-state index in [-0.39, 0.29) is 22.3 Å². The number of nitrogens with two attached hydrogens (primary N) is 1. The molecule has 2 N–H and O–H groups in total. The molecule has 4 aliphatic carbocycles. The molecule has 1 aliphatic heterocycles. The molecule has 0 spiro atoms. The predicted octanol–water partition coefficient (Wildman–Crippen LogP) is 5.53. The largest absolute Gasteiger partial charge is 0.342 e. The summed E-state index contributed by atoms with van der Waals surface area (Å²) in [4.78, 5) is 16.5. The van der Waals surface area contributed by atoms with Gasteiger partial charge < -0.3 is 10.6 Å². The quantitative estimate of drug-likeness (QED) is 0.694. The summed E-state index contributed by atoms with van der Waals surface area (Å²) in [5.41, 5.74) is 8.34. The third-order valence-corrected chi connectivity index (χ3v) is 10.3. The van der Waals surface area contributed by atoms with Crippen molar-refractivity contribution in [2.45, 2.75) is 90.5 Å². The Bertz CT molecular complexity index is 828. The Kier molecular flexibility index (Phi) is 4.90. The van der Waals surface area contributed by atoms with E-state index in [1.807, 2.05) is 0 Å². The van der Waals surface area contributed by atoms with Crippen molar-refractivity contribution >= 4 is 5.91 Å². The number of benzene rings is 1. The number of piperidine rings is 1. The summed E-state index contributed by atoms with van der Waals surface area (Å²) in [6.45, 7) is 11.0. The number of hydrogen-bond donors (Lipinski definition) is 1. The minimum Gasteiger partial charge on any atom is -0.342 e. The number of hydrogen-bond acceptors (Lipinski definition) is 2.